The summed E-state index contributed by atoms with van der Waals surface area (Å²) in [5.41, 5.74) is 6.32. The predicted molar refractivity (Wildman–Crippen MR) is 66.0 cm³/mol. The molecule has 1 atom stereocenters. The van der Waals surface area contributed by atoms with Gasteiger partial charge in [0.1, 0.15) is 5.82 Å². The van der Waals surface area contributed by atoms with Gasteiger partial charge in [0, 0.05) is 19.6 Å². The first-order chi connectivity index (χ1) is 7.99. The molecule has 0 saturated carbocycles. The van der Waals surface area contributed by atoms with Crippen molar-refractivity contribution < 1.29 is 9.18 Å². The van der Waals surface area contributed by atoms with Gasteiger partial charge in [0.25, 0.3) is 0 Å². The van der Waals surface area contributed by atoms with Gasteiger partial charge in [0.15, 0.2) is 0 Å². The zero-order valence-electron chi connectivity index (χ0n) is 10.3. The van der Waals surface area contributed by atoms with Crippen molar-refractivity contribution in [2.24, 2.45) is 5.73 Å². The molecule has 1 aromatic rings. The fourth-order valence-electron chi connectivity index (χ4n) is 1.48. The van der Waals surface area contributed by atoms with Crippen molar-refractivity contribution in [3.8, 4) is 0 Å². The third-order valence-electron chi connectivity index (χ3n) is 2.59. The lowest BCUT2D eigenvalue weighted by Crippen LogP contribution is -2.32. The Morgan fingerprint density at radius 2 is 2.24 bits per heavy atom. The topological polar surface area (TPSA) is 46.3 Å². The monoisotopic (exact) mass is 238 g/mol. The number of hydrogen-bond acceptors (Lipinski definition) is 2. The minimum absolute atomic E-state index is 0.0174. The average Bonchev–Trinajstić information content (AvgIpc) is 2.25. The summed E-state index contributed by atoms with van der Waals surface area (Å²) in [4.78, 5) is 13.4. The third-order valence-corrected chi connectivity index (χ3v) is 2.59. The van der Waals surface area contributed by atoms with Crippen LogP contribution in [0.1, 0.15) is 18.9 Å². The maximum atomic E-state index is 12.9. The molecular weight excluding hydrogens is 219 g/mol. The Labute approximate surface area is 101 Å². The zero-order valence-corrected chi connectivity index (χ0v) is 10.3. The lowest BCUT2D eigenvalue weighted by Gasteiger charge is -2.18. The summed E-state index contributed by atoms with van der Waals surface area (Å²) in [6.45, 7) is 2.54. The summed E-state index contributed by atoms with van der Waals surface area (Å²) in [7, 11) is 1.74. The number of halogens is 1. The highest BCUT2D eigenvalue weighted by atomic mass is 19.1. The number of likely N-dealkylation sites (N-methyl/N-ethyl adjacent to an activating group) is 1. The average molecular weight is 238 g/mol. The van der Waals surface area contributed by atoms with Crippen molar-refractivity contribution in [1.82, 2.24) is 4.90 Å². The molecule has 3 nitrogen and oxygen atoms in total. The second-order valence-corrected chi connectivity index (χ2v) is 4.39. The number of carbonyl (C=O) groups is 1. The van der Waals surface area contributed by atoms with E-state index in [0.717, 1.165) is 6.42 Å². The van der Waals surface area contributed by atoms with Crippen LogP contribution in [0.25, 0.3) is 0 Å². The van der Waals surface area contributed by atoms with E-state index in [9.17, 15) is 9.18 Å². The van der Waals surface area contributed by atoms with Gasteiger partial charge in [-0.05, 0) is 31.0 Å². The fraction of sp³-hybridized carbons (Fsp3) is 0.462. The van der Waals surface area contributed by atoms with Gasteiger partial charge in [-0.25, -0.2) is 4.39 Å². The Morgan fingerprint density at radius 3 is 2.82 bits per heavy atom. The molecule has 1 unspecified atom stereocenters. The van der Waals surface area contributed by atoms with Crippen molar-refractivity contribution in [1.29, 1.82) is 0 Å². The molecule has 0 bridgehead atoms. The molecule has 0 aliphatic rings. The van der Waals surface area contributed by atoms with E-state index >= 15 is 0 Å². The first kappa shape index (κ1) is 13.6. The lowest BCUT2D eigenvalue weighted by atomic mass is 10.1. The fourth-order valence-corrected chi connectivity index (χ4v) is 1.48. The summed E-state index contributed by atoms with van der Waals surface area (Å²) in [5.74, 6) is -0.329. The zero-order chi connectivity index (χ0) is 12.8. The largest absolute Gasteiger partial charge is 0.345 e. The van der Waals surface area contributed by atoms with Crippen LogP contribution in [0.5, 0.6) is 0 Å². The molecule has 1 rings (SSSR count). The van der Waals surface area contributed by atoms with E-state index in [4.69, 9.17) is 5.73 Å². The van der Waals surface area contributed by atoms with Crippen molar-refractivity contribution in [3.05, 3.63) is 35.6 Å². The molecule has 4 heteroatoms. The summed E-state index contributed by atoms with van der Waals surface area (Å²) < 4.78 is 12.9. The smallest absolute Gasteiger partial charge is 0.226 e. The normalized spacial score (nSPS) is 12.2. The number of nitrogens with two attached hydrogens (primary N) is 1. The second kappa shape index (κ2) is 6.35. The van der Waals surface area contributed by atoms with E-state index < -0.39 is 0 Å². The molecule has 0 spiro atoms. The SMILES string of the molecule is CC(N)CCN(C)C(=O)Cc1cccc(F)c1. The number of benzene rings is 1. The van der Waals surface area contributed by atoms with E-state index in [2.05, 4.69) is 0 Å². The minimum Gasteiger partial charge on any atom is -0.345 e. The van der Waals surface area contributed by atoms with E-state index in [0.29, 0.717) is 12.1 Å². The van der Waals surface area contributed by atoms with Crippen molar-refractivity contribution >= 4 is 5.91 Å². The second-order valence-electron chi connectivity index (χ2n) is 4.39. The van der Waals surface area contributed by atoms with Crippen LogP contribution in [0.2, 0.25) is 0 Å². The van der Waals surface area contributed by atoms with Crippen LogP contribution < -0.4 is 5.73 Å². The highest BCUT2D eigenvalue weighted by Crippen LogP contribution is 2.06. The molecule has 0 aromatic heterocycles. The van der Waals surface area contributed by atoms with Crippen LogP contribution in [0.3, 0.4) is 0 Å². The van der Waals surface area contributed by atoms with E-state index in [1.54, 1.807) is 24.1 Å². The van der Waals surface area contributed by atoms with Crippen LogP contribution in [-0.4, -0.2) is 30.4 Å². The van der Waals surface area contributed by atoms with Gasteiger partial charge in [-0.3, -0.25) is 4.79 Å². The molecule has 17 heavy (non-hydrogen) atoms. The van der Waals surface area contributed by atoms with Crippen LogP contribution >= 0.6 is 0 Å². The molecular formula is C13H19FN2O. The Kier molecular flexibility index (Phi) is 5.10. The maximum Gasteiger partial charge on any atom is 0.226 e. The third kappa shape index (κ3) is 4.95. The molecule has 0 heterocycles. The number of nitrogens with zero attached hydrogens (tertiary/aromatic N) is 1. The molecule has 0 aliphatic carbocycles. The summed E-state index contributed by atoms with van der Waals surface area (Å²) >= 11 is 0. The van der Waals surface area contributed by atoms with E-state index in [1.807, 2.05) is 6.92 Å². The maximum absolute atomic E-state index is 12.9. The van der Waals surface area contributed by atoms with Gasteiger partial charge in [-0.1, -0.05) is 12.1 Å². The molecule has 94 valence electrons. The van der Waals surface area contributed by atoms with Crippen LogP contribution in [-0.2, 0) is 11.2 Å². The molecule has 2 N–H and O–H groups in total. The molecule has 0 radical (unpaired) electrons. The van der Waals surface area contributed by atoms with Crippen LogP contribution in [0.15, 0.2) is 24.3 Å². The van der Waals surface area contributed by atoms with Gasteiger partial charge >= 0.3 is 0 Å². The van der Waals surface area contributed by atoms with Crippen LogP contribution in [0.4, 0.5) is 4.39 Å². The summed E-state index contributed by atoms with van der Waals surface area (Å²) in [6.07, 6.45) is 0.999. The van der Waals surface area contributed by atoms with Crippen molar-refractivity contribution in [2.45, 2.75) is 25.8 Å². The van der Waals surface area contributed by atoms with Gasteiger partial charge in [-0.15, -0.1) is 0 Å². The predicted octanol–water partition coefficient (Wildman–Crippen LogP) is 1.56. The highest BCUT2D eigenvalue weighted by molar-refractivity contribution is 5.78. The Balaban J connectivity index is 2.48. The number of rotatable bonds is 5. The summed E-state index contributed by atoms with van der Waals surface area (Å²) in [6, 6.07) is 6.20. The van der Waals surface area contributed by atoms with E-state index in [-0.39, 0.29) is 24.2 Å². The number of hydrogen-bond donors (Lipinski definition) is 1. The molecule has 1 amide bonds. The van der Waals surface area contributed by atoms with Crippen molar-refractivity contribution in [3.63, 3.8) is 0 Å². The van der Waals surface area contributed by atoms with Gasteiger partial charge in [0.05, 0.1) is 6.42 Å². The van der Waals surface area contributed by atoms with Gasteiger partial charge in [0.2, 0.25) is 5.91 Å². The first-order valence-corrected chi connectivity index (χ1v) is 5.73. The minimum atomic E-state index is -0.312. The summed E-state index contributed by atoms with van der Waals surface area (Å²) in [5, 5.41) is 0. The highest BCUT2D eigenvalue weighted by Gasteiger charge is 2.10. The van der Waals surface area contributed by atoms with Crippen molar-refractivity contribution in [2.75, 3.05) is 13.6 Å². The van der Waals surface area contributed by atoms with Gasteiger partial charge < -0.3 is 10.6 Å². The molecule has 0 saturated heterocycles. The Hall–Kier alpha value is -1.42. The Morgan fingerprint density at radius 1 is 1.53 bits per heavy atom. The standard InChI is InChI=1S/C13H19FN2O/c1-10(15)6-7-16(2)13(17)9-11-4-3-5-12(14)8-11/h3-5,8,10H,6-7,9,15H2,1-2H3. The Bertz CT molecular complexity index is 379. The first-order valence-electron chi connectivity index (χ1n) is 5.73. The lowest BCUT2D eigenvalue weighted by molar-refractivity contribution is -0.129. The molecule has 0 fully saturated rings. The number of carbonyl (C=O) groups excluding carboxylic acids is 1. The molecule has 1 aromatic carbocycles. The number of amides is 1. The quantitative estimate of drug-likeness (QED) is 0.846. The van der Waals surface area contributed by atoms with Gasteiger partial charge in [-0.2, -0.15) is 0 Å². The van der Waals surface area contributed by atoms with E-state index in [1.165, 1.54) is 12.1 Å². The molecule has 0 aliphatic heterocycles. The van der Waals surface area contributed by atoms with Crippen LogP contribution in [0, 0.1) is 5.82 Å².